The number of amides is 2. The maximum absolute atomic E-state index is 13.7. The Bertz CT molecular complexity index is 1160. The highest BCUT2D eigenvalue weighted by molar-refractivity contribution is 6.02. The molecule has 1 fully saturated rings. The van der Waals surface area contributed by atoms with Crippen LogP contribution in [0.15, 0.2) is 47.1 Å². The van der Waals surface area contributed by atoms with Gasteiger partial charge < -0.3 is 23.9 Å². The Hall–Kier alpha value is -3.22. The van der Waals surface area contributed by atoms with Gasteiger partial charge in [-0.3, -0.25) is 9.59 Å². The third kappa shape index (κ3) is 3.45. The van der Waals surface area contributed by atoms with Gasteiger partial charge in [-0.1, -0.05) is 31.4 Å². The van der Waals surface area contributed by atoms with Crippen LogP contribution in [0.25, 0.3) is 11.1 Å². The predicted octanol–water partition coefficient (Wildman–Crippen LogP) is 4.11. The highest BCUT2D eigenvalue weighted by Gasteiger charge is 2.48. The van der Waals surface area contributed by atoms with E-state index in [1.165, 1.54) is 6.42 Å². The van der Waals surface area contributed by atoms with E-state index in [-0.39, 0.29) is 17.9 Å². The molecule has 5 rings (SSSR count). The molecule has 2 aromatic heterocycles. The Morgan fingerprint density at radius 1 is 1.22 bits per heavy atom. The molecule has 1 N–H and O–H groups in total. The highest BCUT2D eigenvalue weighted by Crippen LogP contribution is 2.34. The molecule has 7 heteroatoms. The SMILES string of the molecule is COc1cccc(CN2C(=O)c3cc4occc4n3C[C@]2(C)C(=O)NC2CCCCC2)c1. The van der Waals surface area contributed by atoms with Crippen LogP contribution < -0.4 is 10.1 Å². The third-order valence-corrected chi connectivity index (χ3v) is 6.95. The minimum absolute atomic E-state index is 0.100. The summed E-state index contributed by atoms with van der Waals surface area (Å²) in [5, 5.41) is 3.26. The highest BCUT2D eigenvalue weighted by atomic mass is 16.5. The van der Waals surface area contributed by atoms with Crippen molar-refractivity contribution in [1.82, 2.24) is 14.8 Å². The van der Waals surface area contributed by atoms with E-state index in [0.29, 0.717) is 24.4 Å². The van der Waals surface area contributed by atoms with E-state index in [1.807, 2.05) is 41.8 Å². The van der Waals surface area contributed by atoms with Gasteiger partial charge in [0.2, 0.25) is 5.91 Å². The first-order valence-electron chi connectivity index (χ1n) is 11.3. The Morgan fingerprint density at radius 2 is 2.03 bits per heavy atom. The lowest BCUT2D eigenvalue weighted by Gasteiger charge is -2.44. The summed E-state index contributed by atoms with van der Waals surface area (Å²) < 4.78 is 12.8. The van der Waals surface area contributed by atoms with E-state index in [9.17, 15) is 9.59 Å². The van der Waals surface area contributed by atoms with E-state index in [0.717, 1.165) is 42.5 Å². The molecular weight excluding hydrogens is 406 g/mol. The number of rotatable bonds is 5. The summed E-state index contributed by atoms with van der Waals surface area (Å²) in [6.45, 7) is 2.56. The molecule has 0 spiro atoms. The lowest BCUT2D eigenvalue weighted by Crippen LogP contribution is -2.64. The van der Waals surface area contributed by atoms with Crippen LogP contribution in [-0.4, -0.2) is 40.0 Å². The van der Waals surface area contributed by atoms with Gasteiger partial charge in [0.1, 0.15) is 17.0 Å². The summed E-state index contributed by atoms with van der Waals surface area (Å²) in [6.07, 6.45) is 7.08. The van der Waals surface area contributed by atoms with Crippen molar-refractivity contribution in [3.8, 4) is 5.75 Å². The van der Waals surface area contributed by atoms with Gasteiger partial charge in [0, 0.05) is 24.7 Å². The van der Waals surface area contributed by atoms with Crippen molar-refractivity contribution in [2.75, 3.05) is 7.11 Å². The van der Waals surface area contributed by atoms with Crippen LogP contribution in [0.3, 0.4) is 0 Å². The second kappa shape index (κ2) is 8.04. The molecule has 7 nitrogen and oxygen atoms in total. The maximum Gasteiger partial charge on any atom is 0.271 e. The number of carbonyl (C=O) groups is 2. The average molecular weight is 436 g/mol. The number of hydrogen-bond donors (Lipinski definition) is 1. The molecule has 3 heterocycles. The standard InChI is InChI=1S/C25H29N3O4/c1-25(24(30)26-18-8-4-3-5-9-18)16-27-20-11-12-32-22(20)14-21(27)23(29)28(25)15-17-7-6-10-19(13-17)31-2/h6-7,10-14,18H,3-5,8-9,15-16H2,1-2H3,(H,26,30)/t25-/m1/s1. The first kappa shape index (κ1) is 20.7. The Labute approximate surface area is 187 Å². The molecule has 0 saturated heterocycles. The van der Waals surface area contributed by atoms with Gasteiger partial charge in [-0.2, -0.15) is 0 Å². The minimum Gasteiger partial charge on any atom is -0.497 e. The third-order valence-electron chi connectivity index (χ3n) is 6.95. The molecule has 1 saturated carbocycles. The topological polar surface area (TPSA) is 76.7 Å². The van der Waals surface area contributed by atoms with Crippen molar-refractivity contribution in [3.63, 3.8) is 0 Å². The average Bonchev–Trinajstić information content (AvgIpc) is 3.40. The van der Waals surface area contributed by atoms with Crippen LogP contribution in [0.4, 0.5) is 0 Å². The maximum atomic E-state index is 13.7. The summed E-state index contributed by atoms with van der Waals surface area (Å²) in [5.41, 5.74) is 1.93. The molecule has 1 atom stereocenters. The number of benzene rings is 1. The van der Waals surface area contributed by atoms with Crippen molar-refractivity contribution in [2.24, 2.45) is 0 Å². The van der Waals surface area contributed by atoms with Crippen molar-refractivity contribution in [1.29, 1.82) is 0 Å². The monoisotopic (exact) mass is 435 g/mol. The largest absolute Gasteiger partial charge is 0.497 e. The number of carbonyl (C=O) groups excluding carboxylic acids is 2. The van der Waals surface area contributed by atoms with Gasteiger partial charge in [0.25, 0.3) is 5.91 Å². The van der Waals surface area contributed by atoms with Crippen molar-refractivity contribution < 1.29 is 18.7 Å². The summed E-state index contributed by atoms with van der Waals surface area (Å²) in [4.78, 5) is 29.1. The van der Waals surface area contributed by atoms with Gasteiger partial charge in [-0.25, -0.2) is 0 Å². The Morgan fingerprint density at radius 3 is 2.81 bits per heavy atom. The fourth-order valence-corrected chi connectivity index (χ4v) is 5.06. The van der Waals surface area contributed by atoms with Crippen molar-refractivity contribution in [2.45, 2.75) is 63.7 Å². The van der Waals surface area contributed by atoms with Crippen LogP contribution in [0.2, 0.25) is 0 Å². The number of aromatic nitrogens is 1. The summed E-state index contributed by atoms with van der Waals surface area (Å²) in [7, 11) is 1.62. The first-order chi connectivity index (χ1) is 15.5. The molecule has 1 aliphatic heterocycles. The molecule has 1 aliphatic carbocycles. The number of nitrogens with zero attached hydrogens (tertiary/aromatic N) is 2. The van der Waals surface area contributed by atoms with Crippen LogP contribution in [0.5, 0.6) is 5.75 Å². The number of furan rings is 1. The second-order valence-corrected chi connectivity index (χ2v) is 9.11. The number of methoxy groups -OCH3 is 1. The molecule has 0 radical (unpaired) electrons. The zero-order valence-corrected chi connectivity index (χ0v) is 18.6. The van der Waals surface area contributed by atoms with Crippen LogP contribution >= 0.6 is 0 Å². The van der Waals surface area contributed by atoms with Gasteiger partial charge in [-0.05, 0) is 37.5 Å². The molecule has 0 bridgehead atoms. The van der Waals surface area contributed by atoms with E-state index < -0.39 is 5.54 Å². The zero-order chi connectivity index (χ0) is 22.3. The minimum atomic E-state index is -1.03. The van der Waals surface area contributed by atoms with Gasteiger partial charge in [-0.15, -0.1) is 0 Å². The predicted molar refractivity (Wildman–Crippen MR) is 120 cm³/mol. The number of ether oxygens (including phenoxy) is 1. The molecular formula is C25H29N3O4. The summed E-state index contributed by atoms with van der Waals surface area (Å²) >= 11 is 0. The van der Waals surface area contributed by atoms with Gasteiger partial charge in [0.15, 0.2) is 5.58 Å². The van der Waals surface area contributed by atoms with E-state index in [4.69, 9.17) is 9.15 Å². The van der Waals surface area contributed by atoms with Crippen molar-refractivity contribution in [3.05, 3.63) is 53.9 Å². The van der Waals surface area contributed by atoms with Crippen LogP contribution in [0, 0.1) is 0 Å². The second-order valence-electron chi connectivity index (χ2n) is 9.11. The Kier molecular flexibility index (Phi) is 5.19. The summed E-state index contributed by atoms with van der Waals surface area (Å²) in [5.74, 6) is 0.449. The number of hydrogen-bond acceptors (Lipinski definition) is 4. The number of nitrogens with one attached hydrogen (secondary N) is 1. The van der Waals surface area contributed by atoms with Gasteiger partial charge >= 0.3 is 0 Å². The molecule has 3 aromatic rings. The van der Waals surface area contributed by atoms with E-state index in [1.54, 1.807) is 24.3 Å². The fraction of sp³-hybridized carbons (Fsp3) is 0.440. The molecule has 1 aromatic carbocycles. The van der Waals surface area contributed by atoms with E-state index >= 15 is 0 Å². The fourth-order valence-electron chi connectivity index (χ4n) is 5.06. The van der Waals surface area contributed by atoms with Gasteiger partial charge in [0.05, 0.1) is 25.4 Å². The number of fused-ring (bicyclic) bond motifs is 3. The smallest absolute Gasteiger partial charge is 0.271 e. The van der Waals surface area contributed by atoms with Crippen LogP contribution in [-0.2, 0) is 17.9 Å². The zero-order valence-electron chi connectivity index (χ0n) is 18.6. The van der Waals surface area contributed by atoms with Crippen molar-refractivity contribution >= 4 is 22.9 Å². The molecule has 0 unspecified atom stereocenters. The molecule has 2 amide bonds. The summed E-state index contributed by atoms with van der Waals surface area (Å²) in [6, 6.07) is 11.4. The Balaban J connectivity index is 1.53. The van der Waals surface area contributed by atoms with E-state index in [2.05, 4.69) is 5.32 Å². The first-order valence-corrected chi connectivity index (χ1v) is 11.3. The quantitative estimate of drug-likeness (QED) is 0.654. The molecule has 168 valence electrons. The molecule has 2 aliphatic rings. The lowest BCUT2D eigenvalue weighted by molar-refractivity contribution is -0.134. The normalized spacial score (nSPS) is 21.6. The van der Waals surface area contributed by atoms with Crippen LogP contribution in [0.1, 0.15) is 55.1 Å². The molecule has 32 heavy (non-hydrogen) atoms. The lowest BCUT2D eigenvalue weighted by atomic mass is 9.91.